The van der Waals surface area contributed by atoms with E-state index in [0.717, 1.165) is 32.4 Å². The summed E-state index contributed by atoms with van der Waals surface area (Å²) in [5.41, 5.74) is 5.38. The van der Waals surface area contributed by atoms with Crippen molar-refractivity contribution >= 4 is 39.1 Å². The van der Waals surface area contributed by atoms with Crippen LogP contribution in [-0.4, -0.2) is 20.7 Å². The van der Waals surface area contributed by atoms with Gasteiger partial charge in [0.1, 0.15) is 0 Å². The minimum Gasteiger partial charge on any atom is -0.319 e. The van der Waals surface area contributed by atoms with Crippen LogP contribution in [0.2, 0.25) is 5.02 Å². The third kappa shape index (κ3) is 4.55. The molecule has 1 heterocycles. The normalized spacial score (nSPS) is 10.9. The molecule has 4 aromatic rings. The lowest BCUT2D eigenvalue weighted by Gasteiger charge is -2.09. The van der Waals surface area contributed by atoms with E-state index >= 15 is 0 Å². The molecule has 0 aliphatic heterocycles. The molecule has 4 rings (SSSR count). The molecule has 0 aliphatic rings. The Morgan fingerprint density at radius 2 is 1.71 bits per heavy atom. The van der Waals surface area contributed by atoms with Crippen molar-refractivity contribution in [1.82, 2.24) is 14.8 Å². The Bertz CT molecular complexity index is 1280. The molecular formula is C24H20BrClN4O. The van der Waals surface area contributed by atoms with E-state index in [1.807, 2.05) is 81.4 Å². The van der Waals surface area contributed by atoms with E-state index in [1.165, 1.54) is 0 Å². The number of carbonyl (C=O) groups is 1. The summed E-state index contributed by atoms with van der Waals surface area (Å²) in [4.78, 5) is 17.6. The maximum absolute atomic E-state index is 13.0. The van der Waals surface area contributed by atoms with Crippen LogP contribution in [0.25, 0.3) is 17.1 Å². The Morgan fingerprint density at radius 3 is 2.42 bits per heavy atom. The molecule has 0 saturated heterocycles. The lowest BCUT2D eigenvalue weighted by atomic mass is 10.1. The van der Waals surface area contributed by atoms with Crippen LogP contribution in [0, 0.1) is 20.8 Å². The molecule has 0 aliphatic carbocycles. The molecule has 0 unspecified atom stereocenters. The van der Waals surface area contributed by atoms with Crippen molar-refractivity contribution in [2.75, 3.05) is 5.32 Å². The van der Waals surface area contributed by atoms with E-state index in [9.17, 15) is 4.79 Å². The van der Waals surface area contributed by atoms with Crippen molar-refractivity contribution in [3.8, 4) is 17.1 Å². The van der Waals surface area contributed by atoms with Gasteiger partial charge in [0.2, 0.25) is 5.82 Å². The van der Waals surface area contributed by atoms with Crippen LogP contribution < -0.4 is 5.32 Å². The van der Waals surface area contributed by atoms with Crippen LogP contribution in [0.5, 0.6) is 0 Å². The Kier molecular flexibility index (Phi) is 5.94. The zero-order chi connectivity index (χ0) is 22.1. The Balaban J connectivity index is 1.80. The van der Waals surface area contributed by atoms with Gasteiger partial charge >= 0.3 is 0 Å². The monoisotopic (exact) mass is 494 g/mol. The number of hydrogen-bond acceptors (Lipinski definition) is 3. The second-order valence-electron chi connectivity index (χ2n) is 7.38. The predicted molar refractivity (Wildman–Crippen MR) is 128 cm³/mol. The Morgan fingerprint density at radius 1 is 0.968 bits per heavy atom. The quantitative estimate of drug-likeness (QED) is 0.350. The van der Waals surface area contributed by atoms with Crippen LogP contribution in [0.4, 0.5) is 5.69 Å². The van der Waals surface area contributed by atoms with E-state index in [0.29, 0.717) is 16.5 Å². The summed E-state index contributed by atoms with van der Waals surface area (Å²) in [5, 5.41) is 8.04. The summed E-state index contributed by atoms with van der Waals surface area (Å²) in [6, 6.07) is 19.2. The van der Waals surface area contributed by atoms with Gasteiger partial charge in [-0.05, 0) is 62.2 Å². The summed E-state index contributed by atoms with van der Waals surface area (Å²) in [6.45, 7) is 5.92. The van der Waals surface area contributed by atoms with Crippen LogP contribution in [0.3, 0.4) is 0 Å². The van der Waals surface area contributed by atoms with E-state index in [2.05, 4.69) is 31.3 Å². The second kappa shape index (κ2) is 8.65. The standard InChI is InChI=1S/C24H20BrClN4O/c1-14-4-7-17(8-5-14)23-28-22(24(31)27-20-11-9-18(25)12-16(20)3)29-30(23)21-13-19(26)10-6-15(21)2/h4-13H,1-3H3,(H,27,31). The number of halogens is 2. The minimum atomic E-state index is -0.378. The molecule has 0 radical (unpaired) electrons. The molecule has 0 fully saturated rings. The molecule has 5 nitrogen and oxygen atoms in total. The average Bonchev–Trinajstić information content (AvgIpc) is 3.18. The Hall–Kier alpha value is -2.96. The van der Waals surface area contributed by atoms with Gasteiger partial charge in [0.15, 0.2) is 5.82 Å². The summed E-state index contributed by atoms with van der Waals surface area (Å²) >= 11 is 9.69. The molecule has 31 heavy (non-hydrogen) atoms. The van der Waals surface area contributed by atoms with E-state index in [1.54, 1.807) is 4.68 Å². The SMILES string of the molecule is Cc1ccc(-c2nc(C(=O)Nc3ccc(Br)cc3C)nn2-c2cc(Cl)ccc2C)cc1. The van der Waals surface area contributed by atoms with Crippen molar-refractivity contribution in [3.63, 3.8) is 0 Å². The number of nitrogens with one attached hydrogen (secondary N) is 1. The number of carbonyl (C=O) groups excluding carboxylic acids is 1. The van der Waals surface area contributed by atoms with Gasteiger partial charge in [-0.2, -0.15) is 0 Å². The fourth-order valence-corrected chi connectivity index (χ4v) is 3.86. The molecule has 3 aromatic carbocycles. The number of hydrogen-bond donors (Lipinski definition) is 1. The molecule has 156 valence electrons. The first kappa shape index (κ1) is 21.3. The molecule has 1 amide bonds. The van der Waals surface area contributed by atoms with Crippen LogP contribution in [-0.2, 0) is 0 Å². The first-order chi connectivity index (χ1) is 14.8. The third-order valence-corrected chi connectivity index (χ3v) is 5.68. The molecule has 1 aromatic heterocycles. The molecule has 1 N–H and O–H groups in total. The van der Waals surface area contributed by atoms with Crippen LogP contribution in [0.1, 0.15) is 27.3 Å². The van der Waals surface area contributed by atoms with Gasteiger partial charge < -0.3 is 5.32 Å². The zero-order valence-electron chi connectivity index (χ0n) is 17.3. The summed E-state index contributed by atoms with van der Waals surface area (Å²) < 4.78 is 2.62. The number of aryl methyl sites for hydroxylation is 3. The molecule has 0 spiro atoms. The van der Waals surface area contributed by atoms with Gasteiger partial charge in [0.25, 0.3) is 5.91 Å². The topological polar surface area (TPSA) is 59.8 Å². The molecule has 7 heteroatoms. The van der Waals surface area contributed by atoms with Crippen molar-refractivity contribution in [1.29, 1.82) is 0 Å². The van der Waals surface area contributed by atoms with E-state index < -0.39 is 0 Å². The van der Waals surface area contributed by atoms with Crippen molar-refractivity contribution in [2.24, 2.45) is 0 Å². The van der Waals surface area contributed by atoms with Gasteiger partial charge in [-0.3, -0.25) is 4.79 Å². The smallest absolute Gasteiger partial charge is 0.295 e. The fourth-order valence-electron chi connectivity index (χ4n) is 3.22. The number of aromatic nitrogens is 3. The maximum Gasteiger partial charge on any atom is 0.295 e. The fraction of sp³-hybridized carbons (Fsp3) is 0.125. The zero-order valence-corrected chi connectivity index (χ0v) is 19.6. The largest absolute Gasteiger partial charge is 0.319 e. The number of benzene rings is 3. The molecular weight excluding hydrogens is 476 g/mol. The van der Waals surface area contributed by atoms with Gasteiger partial charge in [-0.25, -0.2) is 9.67 Å². The maximum atomic E-state index is 13.0. The highest BCUT2D eigenvalue weighted by atomic mass is 79.9. The molecule has 0 bridgehead atoms. The highest BCUT2D eigenvalue weighted by Gasteiger charge is 2.20. The Labute approximate surface area is 194 Å². The summed E-state index contributed by atoms with van der Waals surface area (Å²) in [5.74, 6) is 0.275. The van der Waals surface area contributed by atoms with Gasteiger partial charge in [0, 0.05) is 20.7 Å². The molecule has 0 saturated carbocycles. The highest BCUT2D eigenvalue weighted by molar-refractivity contribution is 9.10. The third-order valence-electron chi connectivity index (χ3n) is 4.96. The first-order valence-corrected chi connectivity index (χ1v) is 10.9. The second-order valence-corrected chi connectivity index (χ2v) is 8.73. The van der Waals surface area contributed by atoms with Crippen LogP contribution >= 0.6 is 27.5 Å². The van der Waals surface area contributed by atoms with E-state index in [4.69, 9.17) is 11.6 Å². The first-order valence-electron chi connectivity index (χ1n) is 9.70. The lowest BCUT2D eigenvalue weighted by Crippen LogP contribution is -2.15. The van der Waals surface area contributed by atoms with Crippen LogP contribution in [0.15, 0.2) is 65.1 Å². The number of nitrogens with zero attached hydrogens (tertiary/aromatic N) is 3. The van der Waals surface area contributed by atoms with Gasteiger partial charge in [-0.1, -0.05) is 63.4 Å². The summed E-state index contributed by atoms with van der Waals surface area (Å²) in [6.07, 6.45) is 0. The average molecular weight is 496 g/mol. The van der Waals surface area contributed by atoms with Gasteiger partial charge in [0.05, 0.1) is 5.69 Å². The number of rotatable bonds is 4. The minimum absolute atomic E-state index is 0.0808. The summed E-state index contributed by atoms with van der Waals surface area (Å²) in [7, 11) is 0. The number of anilines is 1. The molecule has 0 atom stereocenters. The van der Waals surface area contributed by atoms with Gasteiger partial charge in [-0.15, -0.1) is 5.10 Å². The van der Waals surface area contributed by atoms with E-state index in [-0.39, 0.29) is 11.7 Å². The van der Waals surface area contributed by atoms with Crippen molar-refractivity contribution < 1.29 is 4.79 Å². The lowest BCUT2D eigenvalue weighted by molar-refractivity contribution is 0.101. The predicted octanol–water partition coefficient (Wildman–Crippen LogP) is 6.53. The highest BCUT2D eigenvalue weighted by Crippen LogP contribution is 2.26. The van der Waals surface area contributed by atoms with Crippen molar-refractivity contribution in [2.45, 2.75) is 20.8 Å². The van der Waals surface area contributed by atoms with Crippen molar-refractivity contribution in [3.05, 3.63) is 92.7 Å². The number of amides is 1.